The Morgan fingerprint density at radius 2 is 2.10 bits per heavy atom. The number of methoxy groups -OCH3 is 1. The number of carbonyl (C=O) groups is 1. The molecule has 0 spiro atoms. The zero-order chi connectivity index (χ0) is 15.0. The molecule has 0 saturated carbocycles. The van der Waals surface area contributed by atoms with E-state index >= 15 is 0 Å². The first-order valence-corrected chi connectivity index (χ1v) is 6.53. The zero-order valence-electron chi connectivity index (χ0n) is 12.1. The highest BCUT2D eigenvalue weighted by atomic mass is 16.5. The van der Waals surface area contributed by atoms with E-state index in [2.05, 4.69) is 0 Å². The van der Waals surface area contributed by atoms with E-state index in [0.717, 1.165) is 17.6 Å². The molecular weight excluding hydrogens is 256 g/mol. The smallest absolute Gasteiger partial charge is 0.330 e. The van der Waals surface area contributed by atoms with Crippen LogP contribution < -0.4 is 4.74 Å². The molecule has 0 saturated heterocycles. The highest BCUT2D eigenvalue weighted by Crippen LogP contribution is 2.31. The highest BCUT2D eigenvalue weighted by molar-refractivity contribution is 5.83. The number of allylic oxidation sites excluding steroid dienone is 3. The van der Waals surface area contributed by atoms with Gasteiger partial charge in [-0.15, -0.1) is 0 Å². The van der Waals surface area contributed by atoms with Gasteiger partial charge in [0.25, 0.3) is 0 Å². The molecule has 0 amide bonds. The van der Waals surface area contributed by atoms with E-state index in [9.17, 15) is 9.90 Å². The highest BCUT2D eigenvalue weighted by Gasteiger charge is 2.07. The van der Waals surface area contributed by atoms with E-state index in [4.69, 9.17) is 9.47 Å². The Hall–Kier alpha value is -2.23. The maximum Gasteiger partial charge on any atom is 0.330 e. The molecule has 0 aliphatic heterocycles. The lowest BCUT2D eigenvalue weighted by Crippen LogP contribution is -1.98. The molecule has 1 aromatic carbocycles. The molecule has 4 heteroatoms. The quantitative estimate of drug-likeness (QED) is 0.492. The lowest BCUT2D eigenvalue weighted by molar-refractivity contribution is -0.137. The normalized spacial score (nSPS) is 11.7. The molecule has 0 heterocycles. The number of aromatic hydroxyl groups is 1. The average Bonchev–Trinajstić information content (AvgIpc) is 2.44. The van der Waals surface area contributed by atoms with Crippen molar-refractivity contribution >= 4 is 11.5 Å². The van der Waals surface area contributed by atoms with E-state index in [-0.39, 0.29) is 11.7 Å². The monoisotopic (exact) mass is 276 g/mol. The summed E-state index contributed by atoms with van der Waals surface area (Å²) < 4.78 is 10.1. The molecule has 0 fully saturated rings. The summed E-state index contributed by atoms with van der Waals surface area (Å²) in [6, 6.07) is 4.93. The Balaban J connectivity index is 3.01. The van der Waals surface area contributed by atoms with Gasteiger partial charge >= 0.3 is 5.97 Å². The fourth-order valence-electron chi connectivity index (χ4n) is 1.78. The molecule has 20 heavy (non-hydrogen) atoms. The summed E-state index contributed by atoms with van der Waals surface area (Å²) in [6.45, 7) is 4.11. The van der Waals surface area contributed by atoms with Crippen molar-refractivity contribution in [2.24, 2.45) is 0 Å². The second kappa shape index (κ2) is 8.04. The number of hydrogen-bond donors (Lipinski definition) is 1. The summed E-state index contributed by atoms with van der Waals surface area (Å²) in [4.78, 5) is 11.2. The molecule has 0 aliphatic carbocycles. The molecule has 4 nitrogen and oxygen atoms in total. The minimum absolute atomic E-state index is 0.175. The number of phenolic OH excluding ortho intramolecular Hbond substituents is 1. The first kappa shape index (κ1) is 15.8. The lowest BCUT2D eigenvalue weighted by Gasteiger charge is -2.10. The van der Waals surface area contributed by atoms with Gasteiger partial charge in [0.2, 0.25) is 0 Å². The van der Waals surface area contributed by atoms with Crippen LogP contribution >= 0.6 is 0 Å². The maximum absolute atomic E-state index is 11.2. The third-order valence-corrected chi connectivity index (χ3v) is 2.73. The van der Waals surface area contributed by atoms with Crippen molar-refractivity contribution in [1.82, 2.24) is 0 Å². The van der Waals surface area contributed by atoms with Gasteiger partial charge in [-0.1, -0.05) is 19.1 Å². The van der Waals surface area contributed by atoms with Crippen LogP contribution in [0.1, 0.15) is 25.8 Å². The van der Waals surface area contributed by atoms with Crippen molar-refractivity contribution in [3.8, 4) is 11.5 Å². The number of hydrogen-bond acceptors (Lipinski definition) is 4. The summed E-state index contributed by atoms with van der Waals surface area (Å²) in [5.41, 5.74) is 1.77. The summed E-state index contributed by atoms with van der Waals surface area (Å²) in [5.74, 6) is 0.483. The second-order valence-electron chi connectivity index (χ2n) is 4.04. The van der Waals surface area contributed by atoms with Crippen LogP contribution in [0.5, 0.6) is 11.5 Å². The first-order chi connectivity index (χ1) is 9.62. The molecule has 0 aliphatic rings. The third kappa shape index (κ3) is 4.46. The van der Waals surface area contributed by atoms with Gasteiger partial charge in [-0.2, -0.15) is 0 Å². The summed E-state index contributed by atoms with van der Waals surface area (Å²) in [7, 11) is 1.58. The number of esters is 1. The Kier molecular flexibility index (Phi) is 6.37. The van der Waals surface area contributed by atoms with Gasteiger partial charge in [0, 0.05) is 11.6 Å². The van der Waals surface area contributed by atoms with E-state index < -0.39 is 0 Å². The molecule has 0 aromatic heterocycles. The molecular formula is C16H20O4. The van der Waals surface area contributed by atoms with Gasteiger partial charge in [-0.25, -0.2) is 4.79 Å². The largest absolute Gasteiger partial charge is 0.508 e. The van der Waals surface area contributed by atoms with Crippen LogP contribution in [0.2, 0.25) is 0 Å². The molecule has 1 rings (SSSR count). The van der Waals surface area contributed by atoms with Crippen molar-refractivity contribution < 1.29 is 19.4 Å². The van der Waals surface area contributed by atoms with Crippen molar-refractivity contribution in [2.45, 2.75) is 20.3 Å². The van der Waals surface area contributed by atoms with Crippen LogP contribution in [0.4, 0.5) is 0 Å². The van der Waals surface area contributed by atoms with Crippen LogP contribution in [-0.4, -0.2) is 24.8 Å². The lowest BCUT2D eigenvalue weighted by atomic mass is 10.0. The van der Waals surface area contributed by atoms with Gasteiger partial charge < -0.3 is 14.6 Å². The van der Waals surface area contributed by atoms with Crippen molar-refractivity contribution in [3.05, 3.63) is 42.0 Å². The van der Waals surface area contributed by atoms with Crippen LogP contribution in [0.15, 0.2) is 36.4 Å². The second-order valence-corrected chi connectivity index (χ2v) is 4.04. The Labute approximate surface area is 119 Å². The first-order valence-electron chi connectivity index (χ1n) is 6.53. The molecule has 1 aromatic rings. The summed E-state index contributed by atoms with van der Waals surface area (Å²) >= 11 is 0. The molecule has 0 unspecified atom stereocenters. The predicted octanol–water partition coefficient (Wildman–Crippen LogP) is 3.31. The summed E-state index contributed by atoms with van der Waals surface area (Å²) in [5, 5.41) is 9.59. The molecule has 1 N–H and O–H groups in total. The number of phenols is 1. The fraction of sp³-hybridized carbons (Fsp3) is 0.312. The standard InChI is InChI=1S/C16H20O4/c1-4-12(7-6-8-16(18)20-5-2)14-11-13(17)9-10-15(14)19-3/h6-11,17H,4-5H2,1-3H3. The van der Waals surface area contributed by atoms with Crippen LogP contribution in [0.25, 0.3) is 5.57 Å². The number of ether oxygens (including phenoxy) is 2. The predicted molar refractivity (Wildman–Crippen MR) is 78.7 cm³/mol. The van der Waals surface area contributed by atoms with Crippen LogP contribution in [-0.2, 0) is 9.53 Å². The Bertz CT molecular complexity index is 515. The van der Waals surface area contributed by atoms with Crippen molar-refractivity contribution in [2.75, 3.05) is 13.7 Å². The molecule has 108 valence electrons. The van der Waals surface area contributed by atoms with Gasteiger partial charge in [0.15, 0.2) is 0 Å². The number of carbonyl (C=O) groups excluding carboxylic acids is 1. The van der Waals surface area contributed by atoms with Gasteiger partial charge in [0.05, 0.1) is 13.7 Å². The fourth-order valence-corrected chi connectivity index (χ4v) is 1.78. The Morgan fingerprint density at radius 1 is 1.35 bits per heavy atom. The molecule has 0 bridgehead atoms. The summed E-state index contributed by atoms with van der Waals surface area (Å²) in [6.07, 6.45) is 5.57. The molecule has 0 atom stereocenters. The van der Waals surface area contributed by atoms with Crippen LogP contribution in [0, 0.1) is 0 Å². The van der Waals surface area contributed by atoms with E-state index in [0.29, 0.717) is 12.4 Å². The van der Waals surface area contributed by atoms with Crippen LogP contribution in [0.3, 0.4) is 0 Å². The van der Waals surface area contributed by atoms with Gasteiger partial charge in [-0.3, -0.25) is 0 Å². The van der Waals surface area contributed by atoms with E-state index in [1.807, 2.05) is 13.0 Å². The van der Waals surface area contributed by atoms with Gasteiger partial charge in [0.1, 0.15) is 11.5 Å². The van der Waals surface area contributed by atoms with E-state index in [1.165, 1.54) is 6.08 Å². The van der Waals surface area contributed by atoms with Crippen molar-refractivity contribution in [1.29, 1.82) is 0 Å². The number of benzene rings is 1. The Morgan fingerprint density at radius 3 is 2.70 bits per heavy atom. The maximum atomic E-state index is 11.2. The third-order valence-electron chi connectivity index (χ3n) is 2.73. The average molecular weight is 276 g/mol. The van der Waals surface area contributed by atoms with Gasteiger partial charge in [-0.05, 0) is 37.1 Å². The van der Waals surface area contributed by atoms with E-state index in [1.54, 1.807) is 38.3 Å². The number of rotatable bonds is 6. The minimum Gasteiger partial charge on any atom is -0.508 e. The molecule has 0 radical (unpaired) electrons. The minimum atomic E-state index is -0.373. The SMILES string of the molecule is CCOC(=O)C=CC=C(CC)c1cc(O)ccc1OC. The van der Waals surface area contributed by atoms with Crippen molar-refractivity contribution in [3.63, 3.8) is 0 Å². The topological polar surface area (TPSA) is 55.8 Å². The zero-order valence-corrected chi connectivity index (χ0v) is 12.1.